The van der Waals surface area contributed by atoms with Crippen molar-refractivity contribution < 1.29 is 19.0 Å². The predicted octanol–water partition coefficient (Wildman–Crippen LogP) is 3.05. The molecule has 0 saturated carbocycles. The number of rotatable bonds is 7. The summed E-state index contributed by atoms with van der Waals surface area (Å²) in [7, 11) is 1.57. The second kappa shape index (κ2) is 7.40. The number of thiazole rings is 1. The lowest BCUT2D eigenvalue weighted by Gasteiger charge is -2.01. The highest BCUT2D eigenvalue weighted by Gasteiger charge is 2.17. The van der Waals surface area contributed by atoms with Crippen molar-refractivity contribution in [3.05, 3.63) is 40.0 Å². The molecule has 2 rings (SSSR count). The van der Waals surface area contributed by atoms with Gasteiger partial charge in [-0.25, -0.2) is 9.37 Å². The first-order chi connectivity index (χ1) is 10.2. The molecular weight excluding hydrogens is 293 g/mol. The van der Waals surface area contributed by atoms with E-state index >= 15 is 0 Å². The summed E-state index contributed by atoms with van der Waals surface area (Å²) in [5, 5.41) is 9.18. The lowest BCUT2D eigenvalue weighted by molar-refractivity contribution is 0.0971. The van der Waals surface area contributed by atoms with E-state index in [2.05, 4.69) is 4.98 Å². The standard InChI is InChI=1S/C15H16FNO3S/c1-20-9-13-14(10-4-6-11(16)7-5-10)17-15(21-13)12(19)3-2-8-18/h4-7,18H,2-3,8-9H2,1H3. The molecule has 1 heterocycles. The predicted molar refractivity (Wildman–Crippen MR) is 78.9 cm³/mol. The maximum atomic E-state index is 13.0. The van der Waals surface area contributed by atoms with Crippen LogP contribution in [-0.4, -0.2) is 29.6 Å². The van der Waals surface area contributed by atoms with Crippen molar-refractivity contribution >= 4 is 17.1 Å². The van der Waals surface area contributed by atoms with E-state index in [4.69, 9.17) is 9.84 Å². The summed E-state index contributed by atoms with van der Waals surface area (Å²) in [5.41, 5.74) is 1.40. The zero-order chi connectivity index (χ0) is 15.2. The minimum Gasteiger partial charge on any atom is -0.396 e. The molecule has 0 aliphatic heterocycles. The van der Waals surface area contributed by atoms with Crippen LogP contribution in [0.1, 0.15) is 27.5 Å². The maximum absolute atomic E-state index is 13.0. The van der Waals surface area contributed by atoms with E-state index in [1.54, 1.807) is 19.2 Å². The molecular formula is C15H16FNO3S. The molecule has 2 aromatic rings. The molecule has 0 bridgehead atoms. The Hall–Kier alpha value is -1.63. The van der Waals surface area contributed by atoms with Gasteiger partial charge in [0.1, 0.15) is 5.82 Å². The Bertz CT molecular complexity index is 610. The number of hydrogen-bond acceptors (Lipinski definition) is 5. The number of aromatic nitrogens is 1. The van der Waals surface area contributed by atoms with Crippen LogP contribution in [0.2, 0.25) is 0 Å². The first-order valence-corrected chi connectivity index (χ1v) is 7.36. The molecule has 0 spiro atoms. The van der Waals surface area contributed by atoms with Crippen LogP contribution in [0.3, 0.4) is 0 Å². The Morgan fingerprint density at radius 2 is 2.10 bits per heavy atom. The van der Waals surface area contributed by atoms with Gasteiger partial charge in [-0.2, -0.15) is 0 Å². The molecule has 0 fully saturated rings. The fourth-order valence-electron chi connectivity index (χ4n) is 1.88. The van der Waals surface area contributed by atoms with Gasteiger partial charge in [-0.15, -0.1) is 11.3 Å². The van der Waals surface area contributed by atoms with Gasteiger partial charge in [0.05, 0.1) is 17.2 Å². The SMILES string of the molecule is COCc1sc(C(=O)CCCO)nc1-c1ccc(F)cc1. The van der Waals surface area contributed by atoms with Crippen molar-refractivity contribution in [1.29, 1.82) is 0 Å². The maximum Gasteiger partial charge on any atom is 0.191 e. The quantitative estimate of drug-likeness (QED) is 0.799. The summed E-state index contributed by atoms with van der Waals surface area (Å²) in [6, 6.07) is 5.98. The first-order valence-electron chi connectivity index (χ1n) is 6.54. The minimum atomic E-state index is -0.318. The summed E-state index contributed by atoms with van der Waals surface area (Å²) in [6.45, 7) is 0.324. The topological polar surface area (TPSA) is 59.4 Å². The van der Waals surface area contributed by atoms with E-state index in [0.717, 1.165) is 10.4 Å². The molecule has 1 aromatic heterocycles. The van der Waals surface area contributed by atoms with Gasteiger partial charge in [-0.05, 0) is 30.7 Å². The zero-order valence-electron chi connectivity index (χ0n) is 11.6. The number of Topliss-reactive ketones (excluding diaryl/α,β-unsaturated/α-hetero) is 1. The van der Waals surface area contributed by atoms with Crippen molar-refractivity contribution in [2.24, 2.45) is 0 Å². The number of ether oxygens (including phenoxy) is 1. The highest BCUT2D eigenvalue weighted by atomic mass is 32.1. The van der Waals surface area contributed by atoms with Crippen LogP contribution in [0.5, 0.6) is 0 Å². The molecule has 1 aromatic carbocycles. The number of methoxy groups -OCH3 is 1. The van der Waals surface area contributed by atoms with Gasteiger partial charge in [0.15, 0.2) is 10.8 Å². The number of ketones is 1. The van der Waals surface area contributed by atoms with Crippen LogP contribution < -0.4 is 0 Å². The average molecular weight is 309 g/mol. The van der Waals surface area contributed by atoms with Crippen molar-refractivity contribution in [2.75, 3.05) is 13.7 Å². The fraction of sp³-hybridized carbons (Fsp3) is 0.333. The third-order valence-corrected chi connectivity index (χ3v) is 3.96. The fourth-order valence-corrected chi connectivity index (χ4v) is 2.90. The van der Waals surface area contributed by atoms with Crippen LogP contribution >= 0.6 is 11.3 Å². The van der Waals surface area contributed by atoms with Gasteiger partial charge in [0.2, 0.25) is 0 Å². The number of aliphatic hydroxyl groups excluding tert-OH is 1. The molecule has 112 valence electrons. The largest absolute Gasteiger partial charge is 0.396 e. The van der Waals surface area contributed by atoms with Crippen LogP contribution in [0.15, 0.2) is 24.3 Å². The van der Waals surface area contributed by atoms with E-state index in [1.165, 1.54) is 23.5 Å². The molecule has 21 heavy (non-hydrogen) atoms. The number of aliphatic hydroxyl groups is 1. The van der Waals surface area contributed by atoms with E-state index in [-0.39, 0.29) is 24.6 Å². The summed E-state index contributed by atoms with van der Waals surface area (Å²) in [5.74, 6) is -0.415. The summed E-state index contributed by atoms with van der Waals surface area (Å²) in [4.78, 5) is 17.2. The Morgan fingerprint density at radius 3 is 2.71 bits per heavy atom. The number of halogens is 1. The Morgan fingerprint density at radius 1 is 1.38 bits per heavy atom. The zero-order valence-corrected chi connectivity index (χ0v) is 12.5. The lowest BCUT2D eigenvalue weighted by Crippen LogP contribution is -1.99. The highest BCUT2D eigenvalue weighted by molar-refractivity contribution is 7.14. The van der Waals surface area contributed by atoms with Crippen molar-refractivity contribution in [3.63, 3.8) is 0 Å². The number of carbonyl (C=O) groups is 1. The van der Waals surface area contributed by atoms with E-state index in [1.807, 2.05) is 0 Å². The molecule has 1 N–H and O–H groups in total. The summed E-state index contributed by atoms with van der Waals surface area (Å²) < 4.78 is 18.1. The Kier molecular flexibility index (Phi) is 5.55. The van der Waals surface area contributed by atoms with E-state index in [9.17, 15) is 9.18 Å². The molecule has 0 unspecified atom stereocenters. The third kappa shape index (κ3) is 3.93. The molecule has 6 heteroatoms. The number of carbonyl (C=O) groups excluding carboxylic acids is 1. The van der Waals surface area contributed by atoms with Gasteiger partial charge in [0, 0.05) is 25.7 Å². The normalized spacial score (nSPS) is 10.8. The summed E-state index contributed by atoms with van der Waals surface area (Å²) in [6.07, 6.45) is 0.684. The van der Waals surface area contributed by atoms with Crippen molar-refractivity contribution in [2.45, 2.75) is 19.4 Å². The first kappa shape index (κ1) is 15.8. The van der Waals surface area contributed by atoms with Crippen LogP contribution in [-0.2, 0) is 11.3 Å². The number of hydrogen-bond donors (Lipinski definition) is 1. The van der Waals surface area contributed by atoms with Gasteiger partial charge in [-0.3, -0.25) is 4.79 Å². The minimum absolute atomic E-state index is 0.0210. The Balaban J connectivity index is 2.33. The van der Waals surface area contributed by atoms with Crippen LogP contribution in [0.25, 0.3) is 11.3 Å². The number of nitrogens with zero attached hydrogens (tertiary/aromatic N) is 1. The second-order valence-corrected chi connectivity index (χ2v) is 5.56. The number of benzene rings is 1. The molecule has 0 radical (unpaired) electrons. The van der Waals surface area contributed by atoms with E-state index < -0.39 is 0 Å². The van der Waals surface area contributed by atoms with Gasteiger partial charge >= 0.3 is 0 Å². The molecule has 0 amide bonds. The van der Waals surface area contributed by atoms with Crippen molar-refractivity contribution in [1.82, 2.24) is 4.98 Å². The van der Waals surface area contributed by atoms with Crippen LogP contribution in [0, 0.1) is 5.82 Å². The van der Waals surface area contributed by atoms with Crippen LogP contribution in [0.4, 0.5) is 4.39 Å². The molecule has 0 atom stereocenters. The van der Waals surface area contributed by atoms with Gasteiger partial charge < -0.3 is 9.84 Å². The molecule has 4 nitrogen and oxygen atoms in total. The smallest absolute Gasteiger partial charge is 0.191 e. The van der Waals surface area contributed by atoms with E-state index in [0.29, 0.717) is 23.7 Å². The molecule has 0 aliphatic carbocycles. The van der Waals surface area contributed by atoms with Gasteiger partial charge in [-0.1, -0.05) is 0 Å². The Labute approximate surface area is 126 Å². The highest BCUT2D eigenvalue weighted by Crippen LogP contribution is 2.30. The van der Waals surface area contributed by atoms with Crippen molar-refractivity contribution in [3.8, 4) is 11.3 Å². The molecule has 0 aliphatic rings. The molecule has 0 saturated heterocycles. The monoisotopic (exact) mass is 309 g/mol. The average Bonchev–Trinajstić information content (AvgIpc) is 2.90. The third-order valence-electron chi connectivity index (χ3n) is 2.89. The lowest BCUT2D eigenvalue weighted by atomic mass is 10.1. The van der Waals surface area contributed by atoms with Gasteiger partial charge in [0.25, 0.3) is 0 Å². The summed E-state index contributed by atoms with van der Waals surface area (Å²) >= 11 is 1.28. The second-order valence-electron chi connectivity index (χ2n) is 4.48.